The summed E-state index contributed by atoms with van der Waals surface area (Å²) in [5.74, 6) is 1.62. The van der Waals surface area contributed by atoms with Gasteiger partial charge in [-0.3, -0.25) is 4.79 Å². The van der Waals surface area contributed by atoms with E-state index in [-0.39, 0.29) is 18.6 Å². The normalized spacial score (nSPS) is 12.9. The van der Waals surface area contributed by atoms with Gasteiger partial charge in [-0.05, 0) is 66.0 Å². The van der Waals surface area contributed by atoms with Gasteiger partial charge in [-0.2, -0.15) is 0 Å². The molecule has 0 saturated heterocycles. The van der Waals surface area contributed by atoms with E-state index in [0.29, 0.717) is 39.7 Å². The average molecular weight is 452 g/mol. The first-order chi connectivity index (χ1) is 13.3. The third kappa shape index (κ3) is 5.45. The second-order valence-corrected chi connectivity index (χ2v) is 7.35. The van der Waals surface area contributed by atoms with Crippen LogP contribution >= 0.6 is 15.9 Å². The molecule has 0 bridgehead atoms. The Balaban J connectivity index is 2.09. The molecule has 1 atom stereocenters. The first-order valence-electron chi connectivity index (χ1n) is 9.09. The highest BCUT2D eigenvalue weighted by atomic mass is 79.9. The van der Waals surface area contributed by atoms with Crippen LogP contribution in [0.3, 0.4) is 0 Å². The van der Waals surface area contributed by atoms with E-state index >= 15 is 0 Å². The summed E-state index contributed by atoms with van der Waals surface area (Å²) in [6, 6.07) is 8.54. The maximum Gasteiger partial charge on any atom is 0.163 e. The van der Waals surface area contributed by atoms with Gasteiger partial charge in [-0.15, -0.1) is 0 Å². The van der Waals surface area contributed by atoms with Crippen LogP contribution in [0.5, 0.6) is 17.2 Å². The third-order valence-corrected chi connectivity index (χ3v) is 4.94. The molecule has 1 aromatic carbocycles. The molecule has 0 aliphatic carbocycles. The number of pyridine rings is 1. The zero-order valence-corrected chi connectivity index (χ0v) is 18.2. The van der Waals surface area contributed by atoms with E-state index in [1.165, 1.54) is 0 Å². The predicted octanol–water partition coefficient (Wildman–Crippen LogP) is 4.52. The van der Waals surface area contributed by atoms with Crippen molar-refractivity contribution in [3.8, 4) is 17.2 Å². The Morgan fingerprint density at radius 2 is 1.82 bits per heavy atom. The Labute approximate surface area is 174 Å². The lowest BCUT2D eigenvalue weighted by atomic mass is 9.92. The Hall–Kier alpha value is -2.12. The molecular formula is C21H26BrNO5. The van der Waals surface area contributed by atoms with Gasteiger partial charge >= 0.3 is 0 Å². The largest absolute Gasteiger partial charge is 0.494 e. The summed E-state index contributed by atoms with van der Waals surface area (Å²) in [7, 11) is 3.09. The van der Waals surface area contributed by atoms with Crippen molar-refractivity contribution in [3.63, 3.8) is 0 Å². The van der Waals surface area contributed by atoms with Crippen molar-refractivity contribution in [2.45, 2.75) is 38.7 Å². The van der Waals surface area contributed by atoms with Gasteiger partial charge in [-0.25, -0.2) is 4.98 Å². The Bertz CT molecular complexity index is 822. The number of benzene rings is 1. The standard InChI is InChI=1S/C21H26BrNO5/c1-5-12-28-16-7-6-14(13-18(16)27-4)15(24)10-11-21(2,25)19-9-8-17(26-3)20(22)23-19/h6-9,13,25H,5,10-12H2,1-4H3. The minimum absolute atomic E-state index is 0.0896. The molecule has 1 unspecified atom stereocenters. The van der Waals surface area contributed by atoms with E-state index in [4.69, 9.17) is 14.2 Å². The van der Waals surface area contributed by atoms with Crippen LogP contribution in [0.4, 0.5) is 0 Å². The summed E-state index contributed by atoms with van der Waals surface area (Å²) in [6.07, 6.45) is 1.28. The molecule has 0 aliphatic rings. The number of halogens is 1. The van der Waals surface area contributed by atoms with E-state index in [0.717, 1.165) is 6.42 Å². The number of ether oxygens (including phenoxy) is 3. The van der Waals surface area contributed by atoms with Crippen LogP contribution in [0, 0.1) is 0 Å². The van der Waals surface area contributed by atoms with Crippen LogP contribution in [0.1, 0.15) is 49.2 Å². The van der Waals surface area contributed by atoms with Crippen molar-refractivity contribution in [1.29, 1.82) is 0 Å². The van der Waals surface area contributed by atoms with Crippen molar-refractivity contribution in [2.75, 3.05) is 20.8 Å². The molecular weight excluding hydrogens is 426 g/mol. The lowest BCUT2D eigenvalue weighted by Crippen LogP contribution is -2.24. The van der Waals surface area contributed by atoms with Gasteiger partial charge in [0.05, 0.1) is 26.5 Å². The predicted molar refractivity (Wildman–Crippen MR) is 110 cm³/mol. The number of hydrogen-bond donors (Lipinski definition) is 1. The SMILES string of the molecule is CCCOc1ccc(C(=O)CCC(C)(O)c2ccc(OC)c(Br)n2)cc1OC. The number of hydrogen-bond acceptors (Lipinski definition) is 6. The molecule has 7 heteroatoms. The summed E-state index contributed by atoms with van der Waals surface area (Å²) < 4.78 is 16.6. The molecule has 0 fully saturated rings. The number of rotatable bonds is 10. The number of methoxy groups -OCH3 is 2. The monoisotopic (exact) mass is 451 g/mol. The lowest BCUT2D eigenvalue weighted by molar-refractivity contribution is 0.0394. The molecule has 0 spiro atoms. The van der Waals surface area contributed by atoms with Gasteiger partial charge in [0.25, 0.3) is 0 Å². The first-order valence-corrected chi connectivity index (χ1v) is 9.89. The van der Waals surface area contributed by atoms with Gasteiger partial charge in [0.2, 0.25) is 0 Å². The van der Waals surface area contributed by atoms with Crippen molar-refractivity contribution >= 4 is 21.7 Å². The number of ketones is 1. The molecule has 1 aromatic heterocycles. The molecule has 28 heavy (non-hydrogen) atoms. The maximum absolute atomic E-state index is 12.6. The second-order valence-electron chi connectivity index (χ2n) is 6.60. The average Bonchev–Trinajstić information content (AvgIpc) is 2.70. The van der Waals surface area contributed by atoms with E-state index in [2.05, 4.69) is 20.9 Å². The van der Waals surface area contributed by atoms with Crippen LogP contribution in [0.25, 0.3) is 0 Å². The Morgan fingerprint density at radius 3 is 2.43 bits per heavy atom. The molecule has 6 nitrogen and oxygen atoms in total. The number of carbonyl (C=O) groups excluding carboxylic acids is 1. The smallest absolute Gasteiger partial charge is 0.163 e. The number of nitrogens with zero attached hydrogens (tertiary/aromatic N) is 1. The fourth-order valence-electron chi connectivity index (χ4n) is 2.68. The minimum atomic E-state index is -1.25. The third-order valence-electron chi connectivity index (χ3n) is 4.37. The summed E-state index contributed by atoms with van der Waals surface area (Å²) in [4.78, 5) is 17.0. The fourth-order valence-corrected chi connectivity index (χ4v) is 3.16. The Kier molecular flexibility index (Phi) is 7.83. The Morgan fingerprint density at radius 1 is 1.14 bits per heavy atom. The molecule has 1 heterocycles. The van der Waals surface area contributed by atoms with Crippen molar-refractivity contribution in [3.05, 3.63) is 46.2 Å². The van der Waals surface area contributed by atoms with E-state index < -0.39 is 5.60 Å². The van der Waals surface area contributed by atoms with Crippen LogP contribution in [-0.4, -0.2) is 36.7 Å². The molecule has 2 rings (SSSR count). The van der Waals surface area contributed by atoms with Crippen LogP contribution < -0.4 is 14.2 Å². The minimum Gasteiger partial charge on any atom is -0.494 e. The molecule has 0 saturated carbocycles. The van der Waals surface area contributed by atoms with Crippen molar-refractivity contribution < 1.29 is 24.1 Å². The van der Waals surface area contributed by atoms with Gasteiger partial charge in [0, 0.05) is 12.0 Å². The molecule has 0 radical (unpaired) electrons. The van der Waals surface area contributed by atoms with E-state index in [1.807, 2.05) is 6.92 Å². The number of aromatic nitrogens is 1. The van der Waals surface area contributed by atoms with Gasteiger partial charge < -0.3 is 19.3 Å². The fraction of sp³-hybridized carbons (Fsp3) is 0.429. The second kappa shape index (κ2) is 9.89. The van der Waals surface area contributed by atoms with Crippen LogP contribution in [0.15, 0.2) is 34.9 Å². The molecule has 152 valence electrons. The lowest BCUT2D eigenvalue weighted by Gasteiger charge is -2.23. The van der Waals surface area contributed by atoms with Crippen LogP contribution in [0.2, 0.25) is 0 Å². The van der Waals surface area contributed by atoms with E-state index in [1.54, 1.807) is 51.5 Å². The number of carbonyl (C=O) groups is 1. The zero-order chi connectivity index (χ0) is 20.7. The number of Topliss-reactive ketones (excluding diaryl/α,β-unsaturated/α-hetero) is 1. The van der Waals surface area contributed by atoms with Gasteiger partial charge in [0.1, 0.15) is 10.2 Å². The topological polar surface area (TPSA) is 77.9 Å². The van der Waals surface area contributed by atoms with Crippen molar-refractivity contribution in [2.24, 2.45) is 0 Å². The summed E-state index contributed by atoms with van der Waals surface area (Å²) in [5, 5.41) is 10.8. The number of aliphatic hydroxyl groups is 1. The molecule has 1 N–H and O–H groups in total. The summed E-state index contributed by atoms with van der Waals surface area (Å²) >= 11 is 3.32. The molecule has 0 amide bonds. The quantitative estimate of drug-likeness (QED) is 0.422. The highest BCUT2D eigenvalue weighted by Crippen LogP contribution is 2.32. The summed E-state index contributed by atoms with van der Waals surface area (Å²) in [6.45, 7) is 4.24. The maximum atomic E-state index is 12.6. The summed E-state index contributed by atoms with van der Waals surface area (Å²) in [5.41, 5.74) is -0.270. The highest BCUT2D eigenvalue weighted by Gasteiger charge is 2.27. The van der Waals surface area contributed by atoms with Gasteiger partial charge in [-0.1, -0.05) is 6.92 Å². The van der Waals surface area contributed by atoms with Crippen LogP contribution in [-0.2, 0) is 5.60 Å². The molecule has 2 aromatic rings. The first kappa shape index (κ1) is 22.2. The van der Waals surface area contributed by atoms with Gasteiger partial charge in [0.15, 0.2) is 23.0 Å². The van der Waals surface area contributed by atoms with Crippen molar-refractivity contribution in [1.82, 2.24) is 4.98 Å². The zero-order valence-electron chi connectivity index (χ0n) is 16.6. The van der Waals surface area contributed by atoms with E-state index in [9.17, 15) is 9.90 Å². The molecule has 0 aliphatic heterocycles. The highest BCUT2D eigenvalue weighted by molar-refractivity contribution is 9.10.